The smallest absolute Gasteiger partial charge is 0.314 e. The van der Waals surface area contributed by atoms with Crippen molar-refractivity contribution in [2.75, 3.05) is 0 Å². The van der Waals surface area contributed by atoms with Gasteiger partial charge in [0.15, 0.2) is 0 Å². The van der Waals surface area contributed by atoms with Crippen LogP contribution in [0.3, 0.4) is 0 Å². The predicted octanol–water partition coefficient (Wildman–Crippen LogP) is 3.59. The largest absolute Gasteiger partial charge is 0.426 e. The summed E-state index contributed by atoms with van der Waals surface area (Å²) >= 11 is 0. The summed E-state index contributed by atoms with van der Waals surface area (Å²) in [6.07, 6.45) is 2.89. The normalized spacial score (nSPS) is 12.2. The molecule has 0 saturated carbocycles. The number of carbonyl (C=O) groups excluding carboxylic acids is 1. The van der Waals surface area contributed by atoms with Crippen molar-refractivity contribution in [3.63, 3.8) is 0 Å². The van der Waals surface area contributed by atoms with E-state index >= 15 is 0 Å². The summed E-state index contributed by atoms with van der Waals surface area (Å²) in [4.78, 5) is 11.6. The van der Waals surface area contributed by atoms with E-state index in [1.54, 1.807) is 0 Å². The van der Waals surface area contributed by atoms with Crippen molar-refractivity contribution in [3.8, 4) is 5.75 Å². The molecule has 0 aromatic heterocycles. The lowest BCUT2D eigenvalue weighted by Crippen LogP contribution is -2.17. The van der Waals surface area contributed by atoms with Gasteiger partial charge in [-0.25, -0.2) is 0 Å². The van der Waals surface area contributed by atoms with Crippen LogP contribution < -0.4 is 4.74 Å². The zero-order valence-electron chi connectivity index (χ0n) is 10.3. The van der Waals surface area contributed by atoms with Crippen molar-refractivity contribution in [1.29, 1.82) is 0 Å². The van der Waals surface area contributed by atoms with Crippen LogP contribution >= 0.6 is 0 Å². The first-order valence-corrected chi connectivity index (χ1v) is 5.98. The lowest BCUT2D eigenvalue weighted by atomic mass is 10.1. The summed E-state index contributed by atoms with van der Waals surface area (Å²) < 4.78 is 5.29. The summed E-state index contributed by atoms with van der Waals surface area (Å²) in [6.45, 7) is 6.08. The van der Waals surface area contributed by atoms with Crippen LogP contribution in [-0.2, 0) is 11.2 Å². The van der Waals surface area contributed by atoms with Gasteiger partial charge in [0.25, 0.3) is 0 Å². The summed E-state index contributed by atoms with van der Waals surface area (Å²) in [6, 6.07) is 7.70. The molecule has 0 radical (unpaired) electrons. The lowest BCUT2D eigenvalue weighted by Gasteiger charge is -2.10. The van der Waals surface area contributed by atoms with Crippen LogP contribution in [0.2, 0.25) is 0 Å². The molecule has 2 heteroatoms. The molecule has 0 bridgehead atoms. The van der Waals surface area contributed by atoms with Crippen molar-refractivity contribution in [1.82, 2.24) is 0 Å². The van der Waals surface area contributed by atoms with E-state index in [4.69, 9.17) is 4.74 Å². The number of aryl methyl sites for hydroxylation is 1. The van der Waals surface area contributed by atoms with Crippen LogP contribution in [0.4, 0.5) is 0 Å². The number of benzene rings is 1. The van der Waals surface area contributed by atoms with Gasteiger partial charge in [-0.3, -0.25) is 4.79 Å². The maximum Gasteiger partial charge on any atom is 0.314 e. The van der Waals surface area contributed by atoms with Crippen molar-refractivity contribution in [2.45, 2.75) is 40.0 Å². The molecular formula is C14H20O2. The number of carbonyl (C=O) groups is 1. The molecule has 1 rings (SSSR count). The minimum Gasteiger partial charge on any atom is -0.426 e. The fraction of sp³-hybridized carbons (Fsp3) is 0.500. The fourth-order valence-electron chi connectivity index (χ4n) is 1.56. The summed E-state index contributed by atoms with van der Waals surface area (Å²) in [5.74, 6) is 0.493. The van der Waals surface area contributed by atoms with Gasteiger partial charge < -0.3 is 4.74 Å². The predicted molar refractivity (Wildman–Crippen MR) is 65.5 cm³/mol. The van der Waals surface area contributed by atoms with E-state index in [-0.39, 0.29) is 11.9 Å². The highest BCUT2D eigenvalue weighted by molar-refractivity contribution is 5.74. The molecule has 0 amide bonds. The van der Waals surface area contributed by atoms with Crippen LogP contribution in [0.25, 0.3) is 0 Å². The molecule has 1 aromatic rings. The highest BCUT2D eigenvalue weighted by atomic mass is 16.5. The summed E-state index contributed by atoms with van der Waals surface area (Å²) in [7, 11) is 0. The Morgan fingerprint density at radius 2 is 1.88 bits per heavy atom. The van der Waals surface area contributed by atoms with E-state index < -0.39 is 0 Å². The van der Waals surface area contributed by atoms with Crippen molar-refractivity contribution in [2.24, 2.45) is 5.92 Å². The molecule has 0 aliphatic rings. The SMILES string of the molecule is CCCC(C)C(=O)Oc1ccc(CC)cc1. The molecule has 0 heterocycles. The molecular weight excluding hydrogens is 200 g/mol. The molecule has 0 aliphatic carbocycles. The second kappa shape index (κ2) is 6.31. The molecule has 0 saturated heterocycles. The van der Waals surface area contributed by atoms with Gasteiger partial charge in [0.2, 0.25) is 0 Å². The molecule has 0 N–H and O–H groups in total. The van der Waals surface area contributed by atoms with Gasteiger partial charge in [-0.2, -0.15) is 0 Å². The van der Waals surface area contributed by atoms with Crippen LogP contribution in [0, 0.1) is 5.92 Å². The van der Waals surface area contributed by atoms with E-state index in [1.165, 1.54) is 5.56 Å². The van der Waals surface area contributed by atoms with E-state index in [0.717, 1.165) is 19.3 Å². The van der Waals surface area contributed by atoms with Crippen LogP contribution in [0.5, 0.6) is 5.75 Å². The maximum atomic E-state index is 11.6. The number of ether oxygens (including phenoxy) is 1. The molecule has 88 valence electrons. The molecule has 1 aromatic carbocycles. The standard InChI is InChI=1S/C14H20O2/c1-4-6-11(3)14(15)16-13-9-7-12(5-2)8-10-13/h7-11H,4-6H2,1-3H3. The van der Waals surface area contributed by atoms with E-state index in [9.17, 15) is 4.79 Å². The Labute approximate surface area is 97.6 Å². The van der Waals surface area contributed by atoms with E-state index in [0.29, 0.717) is 5.75 Å². The number of rotatable bonds is 5. The van der Waals surface area contributed by atoms with Crippen molar-refractivity contribution < 1.29 is 9.53 Å². The molecule has 1 atom stereocenters. The Kier molecular flexibility index (Phi) is 5.03. The van der Waals surface area contributed by atoms with E-state index in [1.807, 2.05) is 31.2 Å². The Balaban J connectivity index is 2.55. The Morgan fingerprint density at radius 1 is 1.25 bits per heavy atom. The average Bonchev–Trinajstić information content (AvgIpc) is 2.30. The molecule has 0 aliphatic heterocycles. The minimum absolute atomic E-state index is 0.0177. The Bertz CT molecular complexity index is 327. The van der Waals surface area contributed by atoms with Crippen LogP contribution in [0.15, 0.2) is 24.3 Å². The number of esters is 1. The average molecular weight is 220 g/mol. The summed E-state index contributed by atoms with van der Waals surface area (Å²) in [5.41, 5.74) is 1.25. The first-order chi connectivity index (χ1) is 7.67. The third-order valence-electron chi connectivity index (χ3n) is 2.67. The maximum absolute atomic E-state index is 11.6. The molecule has 0 fully saturated rings. The lowest BCUT2D eigenvalue weighted by molar-refractivity contribution is -0.138. The zero-order valence-corrected chi connectivity index (χ0v) is 10.3. The third kappa shape index (κ3) is 3.69. The number of hydrogen-bond acceptors (Lipinski definition) is 2. The van der Waals surface area contributed by atoms with Gasteiger partial charge in [0.1, 0.15) is 5.75 Å². The highest BCUT2D eigenvalue weighted by Gasteiger charge is 2.13. The Hall–Kier alpha value is -1.31. The van der Waals surface area contributed by atoms with Gasteiger partial charge in [0, 0.05) is 0 Å². The Morgan fingerprint density at radius 3 is 2.38 bits per heavy atom. The van der Waals surface area contributed by atoms with Crippen molar-refractivity contribution in [3.05, 3.63) is 29.8 Å². The molecule has 16 heavy (non-hydrogen) atoms. The first kappa shape index (κ1) is 12.8. The highest BCUT2D eigenvalue weighted by Crippen LogP contribution is 2.15. The molecule has 2 nitrogen and oxygen atoms in total. The quantitative estimate of drug-likeness (QED) is 0.560. The van der Waals surface area contributed by atoms with Gasteiger partial charge in [-0.05, 0) is 30.5 Å². The summed E-state index contributed by atoms with van der Waals surface area (Å²) in [5, 5.41) is 0. The van der Waals surface area contributed by atoms with Crippen LogP contribution in [0.1, 0.15) is 39.2 Å². The topological polar surface area (TPSA) is 26.3 Å². The number of hydrogen-bond donors (Lipinski definition) is 0. The second-order valence-corrected chi connectivity index (χ2v) is 4.11. The van der Waals surface area contributed by atoms with Gasteiger partial charge >= 0.3 is 5.97 Å². The van der Waals surface area contributed by atoms with Crippen LogP contribution in [-0.4, -0.2) is 5.97 Å². The fourth-order valence-corrected chi connectivity index (χ4v) is 1.56. The monoisotopic (exact) mass is 220 g/mol. The first-order valence-electron chi connectivity index (χ1n) is 5.98. The van der Waals surface area contributed by atoms with Gasteiger partial charge in [0.05, 0.1) is 5.92 Å². The third-order valence-corrected chi connectivity index (χ3v) is 2.67. The zero-order chi connectivity index (χ0) is 12.0. The van der Waals surface area contributed by atoms with Gasteiger partial charge in [-0.15, -0.1) is 0 Å². The van der Waals surface area contributed by atoms with E-state index in [2.05, 4.69) is 13.8 Å². The minimum atomic E-state index is -0.133. The van der Waals surface area contributed by atoms with Gasteiger partial charge in [-0.1, -0.05) is 39.3 Å². The second-order valence-electron chi connectivity index (χ2n) is 4.11. The molecule has 1 unspecified atom stereocenters. The molecule has 0 spiro atoms. The van der Waals surface area contributed by atoms with Crippen molar-refractivity contribution >= 4 is 5.97 Å².